The Bertz CT molecular complexity index is 1160. The van der Waals surface area contributed by atoms with Crippen LogP contribution in [0, 0.1) is 0 Å². The highest BCUT2D eigenvalue weighted by molar-refractivity contribution is 8.26. The van der Waals surface area contributed by atoms with Crippen molar-refractivity contribution in [1.82, 2.24) is 10.6 Å². The zero-order valence-electron chi connectivity index (χ0n) is 17.6. The van der Waals surface area contributed by atoms with Crippen molar-refractivity contribution in [3.8, 4) is 5.75 Å². The second kappa shape index (κ2) is 11.4. The van der Waals surface area contributed by atoms with E-state index in [0.29, 0.717) is 15.0 Å². The lowest BCUT2D eigenvalue weighted by molar-refractivity contribution is -0.140. The number of carbonyl (C=O) groups excluding carboxylic acids is 2. The Labute approximate surface area is 204 Å². The topological polar surface area (TPSA) is 142 Å². The number of hydrogen-bond donors (Lipinski definition) is 4. The first-order valence-corrected chi connectivity index (χ1v) is 11.3. The summed E-state index contributed by atoms with van der Waals surface area (Å²) in [4.78, 5) is 46.5. The number of ether oxygens (including phenoxy) is 1. The minimum atomic E-state index is -1.30. The van der Waals surface area contributed by atoms with Crippen molar-refractivity contribution in [2.45, 2.75) is 25.5 Å². The van der Waals surface area contributed by atoms with E-state index in [1.54, 1.807) is 36.4 Å². The highest BCUT2D eigenvalue weighted by atomic mass is 32.2. The van der Waals surface area contributed by atoms with Crippen LogP contribution in [-0.2, 0) is 21.0 Å². The number of hydrogen-bond acceptors (Lipinski definition) is 7. The van der Waals surface area contributed by atoms with Crippen LogP contribution in [0.5, 0.6) is 5.75 Å². The van der Waals surface area contributed by atoms with Crippen LogP contribution >= 0.6 is 24.0 Å². The molecule has 1 saturated heterocycles. The molecule has 2 aromatic rings. The molecule has 1 aliphatic rings. The molecule has 9 nitrogen and oxygen atoms in total. The van der Waals surface area contributed by atoms with Gasteiger partial charge < -0.3 is 25.6 Å². The number of thioether (sulfide) groups is 1. The molecule has 0 aromatic heterocycles. The van der Waals surface area contributed by atoms with Gasteiger partial charge in [-0.1, -0.05) is 48.2 Å². The third kappa shape index (κ3) is 7.15. The van der Waals surface area contributed by atoms with Crippen LogP contribution in [0.15, 0.2) is 53.4 Å². The number of aliphatic carboxylic acids is 2. The third-order valence-corrected chi connectivity index (χ3v) is 5.83. The average Bonchev–Trinajstić information content (AvgIpc) is 3.11. The fraction of sp³-hybridized carbons (Fsp3) is 0.174. The largest absolute Gasteiger partial charge is 0.489 e. The van der Waals surface area contributed by atoms with Crippen LogP contribution in [0.1, 0.15) is 34.3 Å². The van der Waals surface area contributed by atoms with Crippen molar-refractivity contribution in [2.24, 2.45) is 0 Å². The minimum absolute atomic E-state index is 0.214. The molecule has 4 N–H and O–H groups in total. The van der Waals surface area contributed by atoms with Crippen molar-refractivity contribution in [2.75, 3.05) is 0 Å². The van der Waals surface area contributed by atoms with Crippen LogP contribution in [0.4, 0.5) is 0 Å². The zero-order valence-corrected chi connectivity index (χ0v) is 19.3. The first kappa shape index (κ1) is 24.9. The third-order valence-electron chi connectivity index (χ3n) is 4.67. The number of carboxylic acids is 2. The van der Waals surface area contributed by atoms with Crippen molar-refractivity contribution in [3.63, 3.8) is 0 Å². The second-order valence-electron chi connectivity index (χ2n) is 7.21. The second-order valence-corrected chi connectivity index (χ2v) is 8.93. The van der Waals surface area contributed by atoms with Gasteiger partial charge in [0.2, 0.25) is 0 Å². The van der Waals surface area contributed by atoms with E-state index in [1.807, 2.05) is 6.07 Å². The molecule has 34 heavy (non-hydrogen) atoms. The first-order valence-electron chi connectivity index (χ1n) is 10.0. The molecule has 1 atom stereocenters. The van der Waals surface area contributed by atoms with E-state index >= 15 is 0 Å². The van der Waals surface area contributed by atoms with Crippen LogP contribution in [0.25, 0.3) is 6.08 Å². The van der Waals surface area contributed by atoms with Gasteiger partial charge in [0, 0.05) is 12.0 Å². The zero-order chi connectivity index (χ0) is 24.7. The van der Waals surface area contributed by atoms with E-state index in [1.165, 1.54) is 23.9 Å². The maximum atomic E-state index is 12.3. The van der Waals surface area contributed by atoms with E-state index in [4.69, 9.17) is 22.1 Å². The molecule has 2 aromatic carbocycles. The predicted octanol–water partition coefficient (Wildman–Crippen LogP) is 2.80. The summed E-state index contributed by atoms with van der Waals surface area (Å²) < 4.78 is 6.22. The van der Waals surface area contributed by atoms with E-state index < -0.39 is 23.9 Å². The predicted molar refractivity (Wildman–Crippen MR) is 129 cm³/mol. The number of nitrogens with one attached hydrogen (secondary N) is 2. The van der Waals surface area contributed by atoms with Crippen LogP contribution < -0.4 is 15.4 Å². The van der Waals surface area contributed by atoms with Crippen molar-refractivity contribution in [1.29, 1.82) is 0 Å². The van der Waals surface area contributed by atoms with Crippen molar-refractivity contribution in [3.05, 3.63) is 70.1 Å². The molecule has 3 rings (SSSR count). The quantitative estimate of drug-likeness (QED) is 0.286. The van der Waals surface area contributed by atoms with Gasteiger partial charge >= 0.3 is 11.9 Å². The van der Waals surface area contributed by atoms with Crippen LogP contribution in [0.3, 0.4) is 0 Å². The Morgan fingerprint density at radius 2 is 1.88 bits per heavy atom. The normalized spacial score (nSPS) is 15.0. The number of benzene rings is 2. The summed E-state index contributed by atoms with van der Waals surface area (Å²) >= 11 is 6.18. The van der Waals surface area contributed by atoms with Gasteiger partial charge in [-0.25, -0.2) is 4.79 Å². The summed E-state index contributed by atoms with van der Waals surface area (Å²) in [5.41, 5.74) is 1.80. The van der Waals surface area contributed by atoms with E-state index in [9.17, 15) is 24.3 Å². The van der Waals surface area contributed by atoms with E-state index in [-0.39, 0.29) is 30.9 Å². The number of rotatable bonds is 10. The van der Waals surface area contributed by atoms with Gasteiger partial charge in [-0.3, -0.25) is 14.4 Å². The van der Waals surface area contributed by atoms with E-state index in [2.05, 4.69) is 10.6 Å². The molecule has 0 unspecified atom stereocenters. The Morgan fingerprint density at radius 1 is 1.15 bits per heavy atom. The number of carbonyl (C=O) groups is 4. The lowest BCUT2D eigenvalue weighted by atomic mass is 10.1. The molecule has 0 bridgehead atoms. The maximum absolute atomic E-state index is 12.3. The number of carboxylic acid groups (broad SMARTS) is 2. The number of amides is 2. The Balaban J connectivity index is 1.58. The van der Waals surface area contributed by atoms with Gasteiger partial charge in [-0.05, 0) is 47.9 Å². The molecule has 1 heterocycles. The molecule has 0 radical (unpaired) electrons. The smallest absolute Gasteiger partial charge is 0.326 e. The lowest BCUT2D eigenvalue weighted by Crippen LogP contribution is -2.41. The SMILES string of the molecule is O=C(O)CC[C@@H](NC(=O)c1ccc(COc2cccc(/C=C3\SC(=S)NC3=O)c2)cc1)C(=O)O. The van der Waals surface area contributed by atoms with Gasteiger partial charge in [0.15, 0.2) is 0 Å². The summed E-state index contributed by atoms with van der Waals surface area (Å²) in [5, 5.41) is 22.8. The summed E-state index contributed by atoms with van der Waals surface area (Å²) in [7, 11) is 0. The van der Waals surface area contributed by atoms with Gasteiger partial charge in [0.05, 0.1) is 4.91 Å². The van der Waals surface area contributed by atoms with Crippen molar-refractivity contribution < 1.29 is 34.1 Å². The molecule has 1 aliphatic heterocycles. The first-order chi connectivity index (χ1) is 16.2. The van der Waals surface area contributed by atoms with Gasteiger partial charge in [0.1, 0.15) is 22.7 Å². The highest BCUT2D eigenvalue weighted by Crippen LogP contribution is 2.27. The molecule has 11 heteroatoms. The Morgan fingerprint density at radius 3 is 2.50 bits per heavy atom. The van der Waals surface area contributed by atoms with Crippen molar-refractivity contribution >= 4 is 58.1 Å². The van der Waals surface area contributed by atoms with Gasteiger partial charge in [-0.15, -0.1) is 0 Å². The lowest BCUT2D eigenvalue weighted by Gasteiger charge is -2.14. The van der Waals surface area contributed by atoms with E-state index in [0.717, 1.165) is 11.1 Å². The molecule has 0 saturated carbocycles. The van der Waals surface area contributed by atoms with Crippen LogP contribution in [-0.4, -0.2) is 44.3 Å². The maximum Gasteiger partial charge on any atom is 0.326 e. The fourth-order valence-corrected chi connectivity index (χ4v) is 4.00. The number of thiocarbonyl (C=S) groups is 1. The summed E-state index contributed by atoms with van der Waals surface area (Å²) in [6.07, 6.45) is 1.14. The highest BCUT2D eigenvalue weighted by Gasteiger charge is 2.22. The molecule has 1 fully saturated rings. The molecule has 176 valence electrons. The summed E-state index contributed by atoms with van der Waals surface area (Å²) in [6, 6.07) is 12.3. The standard InChI is InChI=1S/C23H20N2O7S2/c26-19(27)9-8-17(22(30)31)24-20(28)15-6-4-13(5-7-15)12-32-16-3-1-2-14(10-16)11-18-21(29)25-23(33)34-18/h1-7,10-11,17H,8-9,12H2,(H,24,28)(H,26,27)(H,30,31)(H,25,29,33)/b18-11-/t17-/m1/s1. The molecule has 0 spiro atoms. The van der Waals surface area contributed by atoms with Gasteiger partial charge in [0.25, 0.3) is 11.8 Å². The molecular weight excluding hydrogens is 480 g/mol. The molecule has 2 amide bonds. The fourth-order valence-electron chi connectivity index (χ4n) is 2.95. The Hall–Kier alpha value is -3.70. The minimum Gasteiger partial charge on any atom is -0.489 e. The monoisotopic (exact) mass is 500 g/mol. The van der Waals surface area contributed by atoms with Gasteiger partial charge in [-0.2, -0.15) is 0 Å². The molecular formula is C23H20N2O7S2. The molecule has 0 aliphatic carbocycles. The van der Waals surface area contributed by atoms with Crippen LogP contribution in [0.2, 0.25) is 0 Å². The average molecular weight is 501 g/mol. The Kier molecular flexibility index (Phi) is 8.39. The summed E-state index contributed by atoms with van der Waals surface area (Å²) in [5.74, 6) is -2.70. The summed E-state index contributed by atoms with van der Waals surface area (Å²) in [6.45, 7) is 0.220.